The molecule has 1 atom stereocenters. The molecule has 17 heavy (non-hydrogen) atoms. The third kappa shape index (κ3) is 3.35. The van der Waals surface area contributed by atoms with Crippen molar-refractivity contribution in [2.45, 2.75) is 13.5 Å². The Hall–Kier alpha value is -1.26. The third-order valence-corrected chi connectivity index (χ3v) is 2.74. The van der Waals surface area contributed by atoms with Crippen molar-refractivity contribution >= 4 is 0 Å². The summed E-state index contributed by atoms with van der Waals surface area (Å²) in [5.74, 6) is 1.93. The second kappa shape index (κ2) is 5.89. The molecular weight excluding hydrogens is 218 g/mol. The summed E-state index contributed by atoms with van der Waals surface area (Å²) in [6.45, 7) is 5.06. The van der Waals surface area contributed by atoms with Crippen LogP contribution in [0.2, 0.25) is 0 Å². The molecule has 0 aliphatic carbocycles. The van der Waals surface area contributed by atoms with Crippen molar-refractivity contribution in [3.8, 4) is 11.5 Å². The van der Waals surface area contributed by atoms with Gasteiger partial charge in [0, 0.05) is 19.7 Å². The first kappa shape index (κ1) is 12.2. The zero-order chi connectivity index (χ0) is 12.1. The Labute approximate surface area is 102 Å². The van der Waals surface area contributed by atoms with Gasteiger partial charge in [0.2, 0.25) is 0 Å². The van der Waals surface area contributed by atoms with Gasteiger partial charge in [-0.2, -0.15) is 0 Å². The number of ether oxygens (including phenoxy) is 2. The molecule has 4 nitrogen and oxygen atoms in total. The Kier molecular flexibility index (Phi) is 4.23. The van der Waals surface area contributed by atoms with E-state index in [2.05, 4.69) is 5.32 Å². The fraction of sp³-hybridized carbons (Fsp3) is 0.538. The number of aliphatic hydroxyl groups excluding tert-OH is 1. The van der Waals surface area contributed by atoms with E-state index in [4.69, 9.17) is 14.6 Å². The monoisotopic (exact) mass is 237 g/mol. The molecule has 0 bridgehead atoms. The van der Waals surface area contributed by atoms with Crippen LogP contribution in [0.25, 0.3) is 0 Å². The first-order chi connectivity index (χ1) is 8.29. The van der Waals surface area contributed by atoms with Gasteiger partial charge in [0.15, 0.2) is 11.5 Å². The van der Waals surface area contributed by atoms with E-state index in [1.165, 1.54) is 5.56 Å². The first-order valence-corrected chi connectivity index (χ1v) is 5.99. The van der Waals surface area contributed by atoms with Crippen LogP contribution in [0.3, 0.4) is 0 Å². The molecule has 0 spiro atoms. The van der Waals surface area contributed by atoms with E-state index in [-0.39, 0.29) is 12.5 Å². The number of hydrogen-bond donors (Lipinski definition) is 2. The topological polar surface area (TPSA) is 50.7 Å². The highest BCUT2D eigenvalue weighted by Gasteiger charge is 2.11. The van der Waals surface area contributed by atoms with Crippen molar-refractivity contribution in [1.29, 1.82) is 0 Å². The van der Waals surface area contributed by atoms with Gasteiger partial charge in [-0.3, -0.25) is 0 Å². The summed E-state index contributed by atoms with van der Waals surface area (Å²) < 4.78 is 11.0. The molecule has 2 rings (SSSR count). The number of benzene rings is 1. The maximum absolute atomic E-state index is 8.91. The molecule has 0 saturated heterocycles. The van der Waals surface area contributed by atoms with Gasteiger partial charge >= 0.3 is 0 Å². The molecule has 2 N–H and O–H groups in total. The number of rotatable bonds is 5. The van der Waals surface area contributed by atoms with Crippen molar-refractivity contribution in [3.05, 3.63) is 23.8 Å². The Balaban J connectivity index is 1.89. The predicted octanol–water partition coefficient (Wildman–Crippen LogP) is 1.18. The number of aliphatic hydroxyl groups is 1. The van der Waals surface area contributed by atoms with E-state index >= 15 is 0 Å². The average molecular weight is 237 g/mol. The smallest absolute Gasteiger partial charge is 0.161 e. The summed E-state index contributed by atoms with van der Waals surface area (Å²) in [4.78, 5) is 0. The predicted molar refractivity (Wildman–Crippen MR) is 65.4 cm³/mol. The lowest BCUT2D eigenvalue weighted by molar-refractivity contribution is 0.171. The lowest BCUT2D eigenvalue weighted by Crippen LogP contribution is -2.23. The van der Waals surface area contributed by atoms with Gasteiger partial charge in [-0.05, 0) is 23.6 Å². The Morgan fingerprint density at radius 1 is 1.29 bits per heavy atom. The van der Waals surface area contributed by atoms with Crippen LogP contribution in [0.4, 0.5) is 0 Å². The summed E-state index contributed by atoms with van der Waals surface area (Å²) in [5, 5.41) is 12.2. The van der Waals surface area contributed by atoms with Crippen LogP contribution in [0, 0.1) is 5.92 Å². The van der Waals surface area contributed by atoms with Crippen LogP contribution < -0.4 is 14.8 Å². The molecule has 0 radical (unpaired) electrons. The third-order valence-electron chi connectivity index (χ3n) is 2.74. The Morgan fingerprint density at radius 2 is 2.06 bits per heavy atom. The van der Waals surface area contributed by atoms with Crippen LogP contribution in [-0.4, -0.2) is 31.5 Å². The van der Waals surface area contributed by atoms with Gasteiger partial charge in [0.05, 0.1) is 0 Å². The minimum atomic E-state index is 0.216. The quantitative estimate of drug-likeness (QED) is 0.807. The average Bonchev–Trinajstić information content (AvgIpc) is 2.38. The molecule has 1 aliphatic heterocycles. The molecule has 0 saturated carbocycles. The lowest BCUT2D eigenvalue weighted by Gasteiger charge is -2.19. The zero-order valence-corrected chi connectivity index (χ0v) is 10.1. The van der Waals surface area contributed by atoms with Crippen molar-refractivity contribution in [2.24, 2.45) is 5.92 Å². The highest BCUT2D eigenvalue weighted by molar-refractivity contribution is 5.43. The van der Waals surface area contributed by atoms with Gasteiger partial charge in [-0.1, -0.05) is 13.0 Å². The maximum atomic E-state index is 8.91. The first-order valence-electron chi connectivity index (χ1n) is 5.99. The second-order valence-corrected chi connectivity index (χ2v) is 4.40. The SMILES string of the molecule is CC(CO)CNCc1ccc2c(c1)OCCO2. The van der Waals surface area contributed by atoms with Crippen LogP contribution in [0.15, 0.2) is 18.2 Å². The second-order valence-electron chi connectivity index (χ2n) is 4.40. The fourth-order valence-electron chi connectivity index (χ4n) is 1.73. The summed E-state index contributed by atoms with van der Waals surface area (Å²) in [6, 6.07) is 5.98. The molecule has 1 heterocycles. The Bertz CT molecular complexity index is 368. The van der Waals surface area contributed by atoms with Gasteiger partial charge in [-0.15, -0.1) is 0 Å². The normalized spacial score (nSPS) is 15.6. The number of nitrogens with one attached hydrogen (secondary N) is 1. The van der Waals surface area contributed by atoms with Crippen molar-refractivity contribution in [1.82, 2.24) is 5.32 Å². The molecule has 0 fully saturated rings. The lowest BCUT2D eigenvalue weighted by atomic mass is 10.1. The minimum Gasteiger partial charge on any atom is -0.486 e. The number of hydrogen-bond acceptors (Lipinski definition) is 4. The van der Waals surface area contributed by atoms with Crippen molar-refractivity contribution < 1.29 is 14.6 Å². The molecule has 1 aromatic rings. The van der Waals surface area contributed by atoms with Crippen molar-refractivity contribution in [3.63, 3.8) is 0 Å². The van der Waals surface area contributed by atoms with Crippen LogP contribution >= 0.6 is 0 Å². The summed E-state index contributed by atoms with van der Waals surface area (Å²) in [6.07, 6.45) is 0. The van der Waals surface area contributed by atoms with Crippen LogP contribution in [0.1, 0.15) is 12.5 Å². The van der Waals surface area contributed by atoms with Gasteiger partial charge < -0.3 is 19.9 Å². The number of fused-ring (bicyclic) bond motifs is 1. The minimum absolute atomic E-state index is 0.216. The van der Waals surface area contributed by atoms with Crippen molar-refractivity contribution in [2.75, 3.05) is 26.4 Å². The van der Waals surface area contributed by atoms with E-state index in [1.807, 2.05) is 25.1 Å². The standard InChI is InChI=1S/C13H19NO3/c1-10(9-15)7-14-8-11-2-3-12-13(6-11)17-5-4-16-12/h2-3,6,10,14-15H,4-5,7-9H2,1H3. The van der Waals surface area contributed by atoms with Gasteiger partial charge in [0.1, 0.15) is 13.2 Å². The molecule has 94 valence electrons. The molecule has 1 aliphatic rings. The molecule has 0 aromatic heterocycles. The van der Waals surface area contributed by atoms with Gasteiger partial charge in [0.25, 0.3) is 0 Å². The van der Waals surface area contributed by atoms with E-state index in [0.717, 1.165) is 24.6 Å². The summed E-state index contributed by atoms with van der Waals surface area (Å²) in [5.41, 5.74) is 1.17. The van der Waals surface area contributed by atoms with Gasteiger partial charge in [-0.25, -0.2) is 0 Å². The van der Waals surface area contributed by atoms with E-state index in [9.17, 15) is 0 Å². The molecule has 1 aromatic carbocycles. The molecule has 1 unspecified atom stereocenters. The van der Waals surface area contributed by atoms with E-state index in [0.29, 0.717) is 13.2 Å². The highest BCUT2D eigenvalue weighted by Crippen LogP contribution is 2.30. The molecule has 4 heteroatoms. The zero-order valence-electron chi connectivity index (χ0n) is 10.1. The molecular formula is C13H19NO3. The fourth-order valence-corrected chi connectivity index (χ4v) is 1.73. The summed E-state index contributed by atoms with van der Waals surface area (Å²) >= 11 is 0. The van der Waals surface area contributed by atoms with Crippen LogP contribution in [0.5, 0.6) is 11.5 Å². The van der Waals surface area contributed by atoms with E-state index in [1.54, 1.807) is 0 Å². The van der Waals surface area contributed by atoms with Crippen LogP contribution in [-0.2, 0) is 6.54 Å². The largest absolute Gasteiger partial charge is 0.486 e. The summed E-state index contributed by atoms with van der Waals surface area (Å²) in [7, 11) is 0. The highest BCUT2D eigenvalue weighted by atomic mass is 16.6. The van der Waals surface area contributed by atoms with E-state index < -0.39 is 0 Å². The maximum Gasteiger partial charge on any atom is 0.161 e. The molecule has 0 amide bonds. The Morgan fingerprint density at radius 3 is 2.82 bits per heavy atom.